The minimum atomic E-state index is 0.359. The zero-order valence-electron chi connectivity index (χ0n) is 18.7. The Morgan fingerprint density at radius 2 is 1.46 bits per heavy atom. The predicted molar refractivity (Wildman–Crippen MR) is 141 cm³/mol. The molecule has 4 aromatic carbocycles. The standard InChI is InChI=1S/C31H19N3O/c32-19-27-26(30-15-8-16-35-30)18-29(21-9-2-1-3-10-21)34-31(27)33-20-28-24-13-6-4-11-22(24)17-23-12-5-7-14-25(23)28/h1-18,20H/b33-20+. The molecule has 6 aromatic rings. The normalized spacial score (nSPS) is 11.3. The minimum Gasteiger partial charge on any atom is -0.464 e. The molecule has 4 nitrogen and oxygen atoms in total. The number of aromatic nitrogens is 1. The molecule has 0 saturated heterocycles. The highest BCUT2D eigenvalue weighted by Gasteiger charge is 2.17. The van der Waals surface area contributed by atoms with E-state index in [0.29, 0.717) is 22.7 Å². The number of hydrogen-bond acceptors (Lipinski definition) is 4. The first-order valence-electron chi connectivity index (χ1n) is 11.3. The van der Waals surface area contributed by atoms with Crippen LogP contribution < -0.4 is 0 Å². The molecule has 0 spiro atoms. The van der Waals surface area contributed by atoms with Crippen molar-refractivity contribution in [1.82, 2.24) is 4.98 Å². The lowest BCUT2D eigenvalue weighted by Crippen LogP contribution is -1.94. The Morgan fingerprint density at radius 1 is 0.771 bits per heavy atom. The summed E-state index contributed by atoms with van der Waals surface area (Å²) in [5.41, 5.74) is 3.71. The molecule has 0 fully saturated rings. The van der Waals surface area contributed by atoms with Crippen molar-refractivity contribution >= 4 is 33.6 Å². The summed E-state index contributed by atoms with van der Waals surface area (Å²) in [4.78, 5) is 9.60. The van der Waals surface area contributed by atoms with Crippen molar-refractivity contribution in [2.24, 2.45) is 4.99 Å². The Kier molecular flexibility index (Phi) is 5.14. The van der Waals surface area contributed by atoms with E-state index in [4.69, 9.17) is 14.4 Å². The molecule has 0 aliphatic carbocycles. The number of fused-ring (bicyclic) bond motifs is 2. The molecule has 2 heterocycles. The van der Waals surface area contributed by atoms with Gasteiger partial charge in [0, 0.05) is 22.9 Å². The van der Waals surface area contributed by atoms with Crippen molar-refractivity contribution in [3.63, 3.8) is 0 Å². The number of aliphatic imine (C=N–C) groups is 1. The monoisotopic (exact) mass is 449 g/mol. The first-order valence-corrected chi connectivity index (χ1v) is 11.3. The summed E-state index contributed by atoms with van der Waals surface area (Å²) < 4.78 is 5.66. The predicted octanol–water partition coefficient (Wildman–Crippen LogP) is 7.94. The van der Waals surface area contributed by atoms with Crippen LogP contribution in [0.3, 0.4) is 0 Å². The first-order chi connectivity index (χ1) is 17.3. The Bertz CT molecular complexity index is 1690. The van der Waals surface area contributed by atoms with Gasteiger partial charge in [0.25, 0.3) is 0 Å². The van der Waals surface area contributed by atoms with Crippen LogP contribution in [-0.4, -0.2) is 11.2 Å². The molecule has 0 aliphatic rings. The third-order valence-corrected chi connectivity index (χ3v) is 6.10. The number of nitriles is 1. The van der Waals surface area contributed by atoms with Crippen LogP contribution in [0.2, 0.25) is 0 Å². The van der Waals surface area contributed by atoms with Gasteiger partial charge in [-0.1, -0.05) is 78.9 Å². The number of pyridine rings is 1. The fourth-order valence-corrected chi connectivity index (χ4v) is 4.43. The SMILES string of the molecule is N#Cc1c(-c2ccco2)cc(-c2ccccc2)nc1/N=C/c1c2ccccc2cc2ccccc12. The van der Waals surface area contributed by atoms with Gasteiger partial charge >= 0.3 is 0 Å². The van der Waals surface area contributed by atoms with Crippen LogP contribution in [0.1, 0.15) is 11.1 Å². The molecule has 2 aromatic heterocycles. The highest BCUT2D eigenvalue weighted by atomic mass is 16.3. The van der Waals surface area contributed by atoms with Gasteiger partial charge < -0.3 is 4.42 Å². The van der Waals surface area contributed by atoms with E-state index in [1.54, 1.807) is 6.26 Å². The van der Waals surface area contributed by atoms with Crippen molar-refractivity contribution in [1.29, 1.82) is 5.26 Å². The average molecular weight is 450 g/mol. The van der Waals surface area contributed by atoms with Crippen LogP contribution in [0.5, 0.6) is 0 Å². The highest BCUT2D eigenvalue weighted by molar-refractivity contribution is 6.13. The van der Waals surface area contributed by atoms with Crippen LogP contribution >= 0.6 is 0 Å². The van der Waals surface area contributed by atoms with Gasteiger partial charge in [0.05, 0.1) is 12.0 Å². The molecule has 0 radical (unpaired) electrons. The highest BCUT2D eigenvalue weighted by Crippen LogP contribution is 2.34. The number of hydrogen-bond donors (Lipinski definition) is 0. The van der Waals surface area contributed by atoms with E-state index in [1.807, 2.05) is 79.0 Å². The first kappa shape index (κ1) is 20.6. The van der Waals surface area contributed by atoms with Crippen LogP contribution in [0, 0.1) is 11.3 Å². The largest absolute Gasteiger partial charge is 0.464 e. The minimum absolute atomic E-state index is 0.359. The third kappa shape index (κ3) is 3.76. The molecule has 0 atom stereocenters. The van der Waals surface area contributed by atoms with Gasteiger partial charge in [0.15, 0.2) is 5.82 Å². The van der Waals surface area contributed by atoms with Gasteiger partial charge in [-0.15, -0.1) is 0 Å². The lowest BCUT2D eigenvalue weighted by Gasteiger charge is -2.10. The summed E-state index contributed by atoms with van der Waals surface area (Å²) >= 11 is 0. The maximum absolute atomic E-state index is 10.1. The summed E-state index contributed by atoms with van der Waals surface area (Å²) in [6, 6.07) is 36.4. The van der Waals surface area contributed by atoms with E-state index in [0.717, 1.165) is 38.4 Å². The summed E-state index contributed by atoms with van der Waals surface area (Å²) in [6.07, 6.45) is 3.43. The number of rotatable bonds is 4. The molecule has 0 N–H and O–H groups in total. The summed E-state index contributed by atoms with van der Waals surface area (Å²) in [5.74, 6) is 0.963. The molecular formula is C31H19N3O. The summed E-state index contributed by atoms with van der Waals surface area (Å²) in [6.45, 7) is 0. The molecule has 35 heavy (non-hydrogen) atoms. The zero-order chi connectivity index (χ0) is 23.6. The van der Waals surface area contributed by atoms with E-state index < -0.39 is 0 Å². The van der Waals surface area contributed by atoms with Gasteiger partial charge in [0.1, 0.15) is 17.4 Å². The summed E-state index contributed by atoms with van der Waals surface area (Å²) in [7, 11) is 0. The van der Waals surface area contributed by atoms with Crippen molar-refractivity contribution in [2.45, 2.75) is 0 Å². The Balaban J connectivity index is 1.59. The smallest absolute Gasteiger partial charge is 0.171 e. The molecular weight excluding hydrogens is 430 g/mol. The number of nitrogens with zero attached hydrogens (tertiary/aromatic N) is 3. The van der Waals surface area contributed by atoms with Crippen LogP contribution in [0.15, 0.2) is 119 Å². The van der Waals surface area contributed by atoms with E-state index in [-0.39, 0.29) is 0 Å². The van der Waals surface area contributed by atoms with Gasteiger partial charge in [-0.3, -0.25) is 0 Å². The van der Waals surface area contributed by atoms with Crippen molar-refractivity contribution in [3.8, 4) is 28.7 Å². The maximum atomic E-state index is 10.1. The van der Waals surface area contributed by atoms with Crippen LogP contribution in [0.25, 0.3) is 44.1 Å². The fraction of sp³-hybridized carbons (Fsp3) is 0. The van der Waals surface area contributed by atoms with Crippen molar-refractivity contribution in [2.75, 3.05) is 0 Å². The molecule has 0 amide bonds. The Morgan fingerprint density at radius 3 is 2.11 bits per heavy atom. The molecule has 0 bridgehead atoms. The molecule has 0 unspecified atom stereocenters. The second-order valence-electron chi connectivity index (χ2n) is 8.20. The van der Waals surface area contributed by atoms with E-state index >= 15 is 0 Å². The van der Waals surface area contributed by atoms with Crippen molar-refractivity contribution < 1.29 is 4.42 Å². The molecule has 0 saturated carbocycles. The average Bonchev–Trinajstić information content (AvgIpc) is 3.46. The van der Waals surface area contributed by atoms with Crippen LogP contribution in [0.4, 0.5) is 5.82 Å². The van der Waals surface area contributed by atoms with E-state index in [1.165, 1.54) is 0 Å². The third-order valence-electron chi connectivity index (χ3n) is 6.10. The second kappa shape index (κ2) is 8.74. The Hall–Kier alpha value is -5.01. The molecule has 6 rings (SSSR count). The summed E-state index contributed by atoms with van der Waals surface area (Å²) in [5, 5.41) is 14.6. The van der Waals surface area contributed by atoms with E-state index in [2.05, 4.69) is 36.4 Å². The van der Waals surface area contributed by atoms with Crippen molar-refractivity contribution in [3.05, 3.63) is 121 Å². The fourth-order valence-electron chi connectivity index (χ4n) is 4.43. The van der Waals surface area contributed by atoms with Gasteiger partial charge in [0.2, 0.25) is 0 Å². The topological polar surface area (TPSA) is 62.2 Å². The van der Waals surface area contributed by atoms with Crippen LogP contribution in [-0.2, 0) is 0 Å². The lowest BCUT2D eigenvalue weighted by molar-refractivity contribution is 0.582. The quantitative estimate of drug-likeness (QED) is 0.203. The second-order valence-corrected chi connectivity index (χ2v) is 8.20. The lowest BCUT2D eigenvalue weighted by atomic mass is 9.97. The zero-order valence-corrected chi connectivity index (χ0v) is 18.7. The number of benzene rings is 4. The van der Waals surface area contributed by atoms with Gasteiger partial charge in [-0.25, -0.2) is 9.98 Å². The Labute approximate surface area is 202 Å². The van der Waals surface area contributed by atoms with E-state index in [9.17, 15) is 5.26 Å². The number of furan rings is 1. The van der Waals surface area contributed by atoms with Gasteiger partial charge in [-0.2, -0.15) is 5.26 Å². The molecule has 164 valence electrons. The molecule has 4 heteroatoms. The van der Waals surface area contributed by atoms with Gasteiger partial charge in [-0.05, 0) is 45.8 Å². The maximum Gasteiger partial charge on any atom is 0.171 e. The molecule has 0 aliphatic heterocycles.